The zero-order valence-electron chi connectivity index (χ0n) is 14.8. The minimum absolute atomic E-state index is 0.279. The first-order valence-electron chi connectivity index (χ1n) is 8.50. The molecule has 0 aromatic carbocycles. The number of hydrogen-bond acceptors (Lipinski definition) is 2. The molecule has 120 valence electrons. The van der Waals surface area contributed by atoms with Gasteiger partial charge < -0.3 is 5.32 Å². The van der Waals surface area contributed by atoms with Gasteiger partial charge in [0.2, 0.25) is 0 Å². The summed E-state index contributed by atoms with van der Waals surface area (Å²) in [5, 5.41) is 3.87. The van der Waals surface area contributed by atoms with Crippen LogP contribution in [0.15, 0.2) is 12.1 Å². The highest BCUT2D eigenvalue weighted by molar-refractivity contribution is 7.12. The van der Waals surface area contributed by atoms with Crippen LogP contribution in [0.2, 0.25) is 0 Å². The first-order valence-corrected chi connectivity index (χ1v) is 9.32. The molecule has 1 fully saturated rings. The molecule has 1 saturated carbocycles. The smallest absolute Gasteiger partial charge is 0.0302 e. The molecule has 0 spiro atoms. The first kappa shape index (κ1) is 17.0. The predicted octanol–water partition coefficient (Wildman–Crippen LogP) is 5.74. The van der Waals surface area contributed by atoms with Crippen molar-refractivity contribution in [1.82, 2.24) is 5.32 Å². The Morgan fingerprint density at radius 1 is 1.05 bits per heavy atom. The molecule has 1 nitrogen and oxygen atoms in total. The third-order valence-corrected chi connectivity index (χ3v) is 6.33. The Morgan fingerprint density at radius 3 is 2.29 bits per heavy atom. The standard InChI is InChI=1S/C19H33NS/c1-18(2,3)15-9-7-8-10-16(15)20-13-14-11-12-17(21-14)19(4,5)6/h11-12,15-16,20H,7-10,13H2,1-6H3. The van der Waals surface area contributed by atoms with Crippen molar-refractivity contribution in [1.29, 1.82) is 0 Å². The van der Waals surface area contributed by atoms with Crippen molar-refractivity contribution in [2.24, 2.45) is 11.3 Å². The van der Waals surface area contributed by atoms with E-state index >= 15 is 0 Å². The van der Waals surface area contributed by atoms with Crippen LogP contribution >= 0.6 is 11.3 Å². The number of hydrogen-bond donors (Lipinski definition) is 1. The van der Waals surface area contributed by atoms with Crippen molar-refractivity contribution < 1.29 is 0 Å². The molecule has 1 aliphatic rings. The van der Waals surface area contributed by atoms with Crippen molar-refractivity contribution in [3.63, 3.8) is 0 Å². The van der Waals surface area contributed by atoms with E-state index in [4.69, 9.17) is 0 Å². The van der Waals surface area contributed by atoms with Gasteiger partial charge in [0.1, 0.15) is 0 Å². The quantitative estimate of drug-likeness (QED) is 0.750. The van der Waals surface area contributed by atoms with Crippen LogP contribution in [-0.2, 0) is 12.0 Å². The topological polar surface area (TPSA) is 12.0 Å². The van der Waals surface area contributed by atoms with E-state index in [1.807, 2.05) is 11.3 Å². The van der Waals surface area contributed by atoms with Crippen molar-refractivity contribution in [2.45, 2.75) is 85.2 Å². The highest BCUT2D eigenvalue weighted by Gasteiger charge is 2.33. The maximum Gasteiger partial charge on any atom is 0.0302 e. The number of nitrogens with one attached hydrogen (secondary N) is 1. The fourth-order valence-electron chi connectivity index (χ4n) is 3.52. The average Bonchev–Trinajstić information content (AvgIpc) is 2.84. The van der Waals surface area contributed by atoms with E-state index in [1.54, 1.807) is 0 Å². The molecule has 1 N–H and O–H groups in total. The van der Waals surface area contributed by atoms with Crippen molar-refractivity contribution in [2.75, 3.05) is 0 Å². The Hall–Kier alpha value is -0.340. The molecule has 1 aromatic heterocycles. The highest BCUT2D eigenvalue weighted by Crippen LogP contribution is 2.38. The molecule has 0 saturated heterocycles. The Bertz CT molecular complexity index is 447. The van der Waals surface area contributed by atoms with Crippen molar-refractivity contribution in [3.8, 4) is 0 Å². The monoisotopic (exact) mass is 307 g/mol. The van der Waals surface area contributed by atoms with Crippen LogP contribution in [-0.4, -0.2) is 6.04 Å². The van der Waals surface area contributed by atoms with Crippen molar-refractivity contribution >= 4 is 11.3 Å². The number of rotatable bonds is 3. The SMILES string of the molecule is CC(C)(C)c1ccc(CNC2CCCCC2C(C)(C)C)s1. The molecule has 2 atom stereocenters. The van der Waals surface area contributed by atoms with E-state index in [0.29, 0.717) is 11.5 Å². The van der Waals surface area contributed by atoms with Gasteiger partial charge in [-0.3, -0.25) is 0 Å². The molecular weight excluding hydrogens is 274 g/mol. The molecule has 21 heavy (non-hydrogen) atoms. The van der Waals surface area contributed by atoms with E-state index < -0.39 is 0 Å². The van der Waals surface area contributed by atoms with Gasteiger partial charge in [0, 0.05) is 22.3 Å². The van der Waals surface area contributed by atoms with E-state index in [9.17, 15) is 0 Å². The molecule has 1 aliphatic carbocycles. The minimum atomic E-state index is 0.279. The lowest BCUT2D eigenvalue weighted by Crippen LogP contribution is -2.43. The fourth-order valence-corrected chi connectivity index (χ4v) is 4.54. The van der Waals surface area contributed by atoms with E-state index in [0.717, 1.165) is 12.5 Å². The van der Waals surface area contributed by atoms with Crippen LogP contribution < -0.4 is 5.32 Å². The third-order valence-electron chi connectivity index (χ3n) is 4.82. The molecule has 0 radical (unpaired) electrons. The summed E-state index contributed by atoms with van der Waals surface area (Å²) in [6, 6.07) is 5.32. The van der Waals surface area contributed by atoms with Gasteiger partial charge in [0.15, 0.2) is 0 Å². The zero-order valence-corrected chi connectivity index (χ0v) is 15.6. The Labute approximate surface area is 135 Å². The first-order chi connectivity index (χ1) is 9.68. The van der Waals surface area contributed by atoms with Crippen LogP contribution in [0.4, 0.5) is 0 Å². The maximum absolute atomic E-state index is 3.87. The molecule has 0 amide bonds. The van der Waals surface area contributed by atoms with Crippen LogP contribution in [0.1, 0.15) is 77.0 Å². The Kier molecular flexibility index (Phi) is 5.20. The summed E-state index contributed by atoms with van der Waals surface area (Å²) in [7, 11) is 0. The summed E-state index contributed by atoms with van der Waals surface area (Å²) in [5.74, 6) is 0.813. The average molecular weight is 308 g/mol. The Morgan fingerprint density at radius 2 is 1.71 bits per heavy atom. The van der Waals surface area contributed by atoms with E-state index in [-0.39, 0.29) is 5.41 Å². The lowest BCUT2D eigenvalue weighted by molar-refractivity contribution is 0.130. The van der Waals surface area contributed by atoms with Crippen molar-refractivity contribution in [3.05, 3.63) is 21.9 Å². The van der Waals surface area contributed by atoms with Gasteiger partial charge in [-0.05, 0) is 41.7 Å². The lowest BCUT2D eigenvalue weighted by atomic mass is 9.69. The van der Waals surface area contributed by atoms with Gasteiger partial charge in [0.05, 0.1) is 0 Å². The van der Waals surface area contributed by atoms with Gasteiger partial charge in [-0.25, -0.2) is 0 Å². The van der Waals surface area contributed by atoms with Gasteiger partial charge in [0.25, 0.3) is 0 Å². The summed E-state index contributed by atoms with van der Waals surface area (Å²) in [6.45, 7) is 15.1. The normalized spacial score (nSPS) is 24.3. The lowest BCUT2D eigenvalue weighted by Gasteiger charge is -2.41. The molecule has 2 rings (SSSR count). The second-order valence-corrected chi connectivity index (χ2v) is 9.93. The van der Waals surface area contributed by atoms with Gasteiger partial charge >= 0.3 is 0 Å². The number of thiophene rings is 1. The highest BCUT2D eigenvalue weighted by atomic mass is 32.1. The Balaban J connectivity index is 1.96. The van der Waals surface area contributed by atoms with E-state index in [1.165, 1.54) is 35.4 Å². The van der Waals surface area contributed by atoms with Crippen LogP contribution in [0.3, 0.4) is 0 Å². The van der Waals surface area contributed by atoms with Gasteiger partial charge in [-0.2, -0.15) is 0 Å². The fraction of sp³-hybridized carbons (Fsp3) is 0.789. The second kappa shape index (κ2) is 6.42. The van der Waals surface area contributed by atoms with Crippen LogP contribution in [0.5, 0.6) is 0 Å². The predicted molar refractivity (Wildman–Crippen MR) is 95.1 cm³/mol. The van der Waals surface area contributed by atoms with Gasteiger partial charge in [-0.15, -0.1) is 11.3 Å². The summed E-state index contributed by atoms with van der Waals surface area (Å²) in [5.41, 5.74) is 0.700. The maximum atomic E-state index is 3.87. The molecule has 1 heterocycles. The van der Waals surface area contributed by atoms with Crippen LogP contribution in [0, 0.1) is 11.3 Å². The molecule has 0 aliphatic heterocycles. The van der Waals surface area contributed by atoms with Gasteiger partial charge in [-0.1, -0.05) is 54.4 Å². The third kappa shape index (κ3) is 4.56. The zero-order chi connectivity index (χ0) is 15.7. The molecular formula is C19H33NS. The second-order valence-electron chi connectivity index (χ2n) is 8.76. The summed E-state index contributed by atoms with van der Waals surface area (Å²) in [4.78, 5) is 2.98. The van der Waals surface area contributed by atoms with Crippen LogP contribution in [0.25, 0.3) is 0 Å². The summed E-state index contributed by atoms with van der Waals surface area (Å²) >= 11 is 1.97. The van der Waals surface area contributed by atoms with E-state index in [2.05, 4.69) is 59.0 Å². The summed E-state index contributed by atoms with van der Waals surface area (Å²) < 4.78 is 0. The molecule has 0 bridgehead atoms. The molecule has 2 heteroatoms. The summed E-state index contributed by atoms with van der Waals surface area (Å²) in [6.07, 6.45) is 5.54. The largest absolute Gasteiger partial charge is 0.309 e. The molecule has 2 unspecified atom stereocenters. The molecule has 1 aromatic rings. The minimum Gasteiger partial charge on any atom is -0.309 e.